The van der Waals surface area contributed by atoms with Gasteiger partial charge in [-0.2, -0.15) is 0 Å². The molecule has 0 radical (unpaired) electrons. The highest BCUT2D eigenvalue weighted by Crippen LogP contribution is 2.34. The van der Waals surface area contributed by atoms with Crippen LogP contribution in [0.4, 0.5) is 11.4 Å². The first-order valence-corrected chi connectivity index (χ1v) is 6.10. The lowest BCUT2D eigenvalue weighted by Crippen LogP contribution is -2.02. The first-order valence-electron chi connectivity index (χ1n) is 6.10. The van der Waals surface area contributed by atoms with E-state index in [4.69, 9.17) is 9.47 Å². The van der Waals surface area contributed by atoms with E-state index >= 15 is 0 Å². The fourth-order valence-electron chi connectivity index (χ4n) is 2.04. The molecule has 1 heterocycles. The fraction of sp³-hybridized carbons (Fsp3) is 0.143. The predicted molar refractivity (Wildman–Crippen MR) is 73.0 cm³/mol. The van der Waals surface area contributed by atoms with Crippen LogP contribution in [-0.4, -0.2) is 11.7 Å². The monoisotopic (exact) mass is 272 g/mol. The van der Waals surface area contributed by atoms with Crippen molar-refractivity contribution in [2.45, 2.75) is 6.54 Å². The van der Waals surface area contributed by atoms with Crippen molar-refractivity contribution < 1.29 is 14.4 Å². The molecule has 0 saturated carbocycles. The van der Waals surface area contributed by atoms with Crippen LogP contribution in [0.25, 0.3) is 0 Å². The highest BCUT2D eigenvalue weighted by Gasteiger charge is 2.14. The van der Waals surface area contributed by atoms with E-state index < -0.39 is 0 Å². The summed E-state index contributed by atoms with van der Waals surface area (Å²) in [7, 11) is 0. The van der Waals surface area contributed by atoms with Crippen molar-refractivity contribution in [2.24, 2.45) is 0 Å². The van der Waals surface area contributed by atoms with Gasteiger partial charge in [0.05, 0.1) is 4.92 Å². The SMILES string of the molecule is O=[N+]([O-])c1ccccc1CNc1ccc2c(c1)OCO2. The summed E-state index contributed by atoms with van der Waals surface area (Å²) >= 11 is 0. The molecule has 2 aromatic rings. The number of rotatable bonds is 4. The molecule has 0 bridgehead atoms. The average Bonchev–Trinajstić information content (AvgIpc) is 2.92. The van der Waals surface area contributed by atoms with E-state index in [0.29, 0.717) is 23.6 Å². The zero-order chi connectivity index (χ0) is 13.9. The Morgan fingerprint density at radius 2 is 1.95 bits per heavy atom. The normalized spacial score (nSPS) is 12.2. The van der Waals surface area contributed by atoms with E-state index in [2.05, 4.69) is 5.32 Å². The smallest absolute Gasteiger partial charge is 0.274 e. The van der Waals surface area contributed by atoms with Crippen molar-refractivity contribution in [1.82, 2.24) is 0 Å². The first-order chi connectivity index (χ1) is 9.74. The van der Waals surface area contributed by atoms with Crippen LogP contribution >= 0.6 is 0 Å². The van der Waals surface area contributed by atoms with E-state index in [1.165, 1.54) is 6.07 Å². The molecule has 1 aliphatic heterocycles. The molecular weight excluding hydrogens is 260 g/mol. The van der Waals surface area contributed by atoms with Gasteiger partial charge in [0.15, 0.2) is 11.5 Å². The van der Waals surface area contributed by atoms with Gasteiger partial charge in [-0.3, -0.25) is 10.1 Å². The van der Waals surface area contributed by atoms with Gasteiger partial charge in [-0.05, 0) is 12.1 Å². The minimum absolute atomic E-state index is 0.112. The van der Waals surface area contributed by atoms with Gasteiger partial charge in [0.1, 0.15) is 0 Å². The Hall–Kier alpha value is -2.76. The topological polar surface area (TPSA) is 73.6 Å². The van der Waals surface area contributed by atoms with Crippen molar-refractivity contribution in [2.75, 3.05) is 12.1 Å². The van der Waals surface area contributed by atoms with Crippen molar-refractivity contribution in [1.29, 1.82) is 0 Å². The highest BCUT2D eigenvalue weighted by molar-refractivity contribution is 5.56. The Balaban J connectivity index is 1.75. The van der Waals surface area contributed by atoms with Crippen LogP contribution in [0.3, 0.4) is 0 Å². The summed E-state index contributed by atoms with van der Waals surface area (Å²) in [5.41, 5.74) is 1.57. The Kier molecular flexibility index (Phi) is 3.12. The molecule has 0 aliphatic carbocycles. The van der Waals surface area contributed by atoms with Gasteiger partial charge in [-0.1, -0.05) is 18.2 Å². The Morgan fingerprint density at radius 3 is 2.80 bits per heavy atom. The number of para-hydroxylation sites is 1. The summed E-state index contributed by atoms with van der Waals surface area (Å²) in [6.45, 7) is 0.597. The van der Waals surface area contributed by atoms with Crippen LogP contribution in [0, 0.1) is 10.1 Å². The molecule has 3 rings (SSSR count). The minimum atomic E-state index is -0.378. The number of benzene rings is 2. The molecule has 1 N–H and O–H groups in total. The second-order valence-corrected chi connectivity index (χ2v) is 4.31. The number of nitrogens with zero attached hydrogens (tertiary/aromatic N) is 1. The number of fused-ring (bicyclic) bond motifs is 1. The van der Waals surface area contributed by atoms with Crippen molar-refractivity contribution in [3.8, 4) is 11.5 Å². The third-order valence-corrected chi connectivity index (χ3v) is 3.04. The fourth-order valence-corrected chi connectivity index (χ4v) is 2.04. The lowest BCUT2D eigenvalue weighted by molar-refractivity contribution is -0.385. The highest BCUT2D eigenvalue weighted by atomic mass is 16.7. The molecule has 0 saturated heterocycles. The zero-order valence-electron chi connectivity index (χ0n) is 10.5. The molecule has 0 unspecified atom stereocenters. The lowest BCUT2D eigenvalue weighted by Gasteiger charge is -2.07. The third-order valence-electron chi connectivity index (χ3n) is 3.04. The van der Waals surface area contributed by atoms with Crippen LogP contribution in [0.2, 0.25) is 0 Å². The number of nitro groups is 1. The van der Waals surface area contributed by atoms with Crippen LogP contribution in [0.1, 0.15) is 5.56 Å². The number of nitro benzene ring substituents is 1. The molecule has 6 nitrogen and oxygen atoms in total. The number of hydrogen-bond acceptors (Lipinski definition) is 5. The standard InChI is InChI=1S/C14H12N2O4/c17-16(18)12-4-2-1-3-10(12)8-15-11-5-6-13-14(7-11)20-9-19-13/h1-7,15H,8-9H2. The number of nitrogens with one attached hydrogen (secondary N) is 1. The van der Waals surface area contributed by atoms with E-state index in [1.807, 2.05) is 18.2 Å². The molecule has 0 spiro atoms. The summed E-state index contributed by atoms with van der Waals surface area (Å²) in [6, 6.07) is 12.1. The predicted octanol–water partition coefficient (Wildman–Crippen LogP) is 2.94. The summed E-state index contributed by atoms with van der Waals surface area (Å²) < 4.78 is 10.5. The van der Waals surface area contributed by atoms with Gasteiger partial charge < -0.3 is 14.8 Å². The van der Waals surface area contributed by atoms with E-state index in [1.54, 1.807) is 18.2 Å². The van der Waals surface area contributed by atoms with E-state index in [0.717, 1.165) is 5.69 Å². The van der Waals surface area contributed by atoms with E-state index in [-0.39, 0.29) is 17.4 Å². The van der Waals surface area contributed by atoms with Crippen molar-refractivity contribution in [3.63, 3.8) is 0 Å². The average molecular weight is 272 g/mol. The largest absolute Gasteiger partial charge is 0.454 e. The second-order valence-electron chi connectivity index (χ2n) is 4.31. The molecule has 0 fully saturated rings. The minimum Gasteiger partial charge on any atom is -0.454 e. The number of ether oxygens (including phenoxy) is 2. The Bertz CT molecular complexity index is 657. The molecule has 6 heteroatoms. The molecule has 102 valence electrons. The van der Waals surface area contributed by atoms with Crippen LogP contribution < -0.4 is 14.8 Å². The lowest BCUT2D eigenvalue weighted by atomic mass is 10.1. The Labute approximate surface area is 115 Å². The van der Waals surface area contributed by atoms with E-state index in [9.17, 15) is 10.1 Å². The molecule has 1 aliphatic rings. The van der Waals surface area contributed by atoms with Crippen LogP contribution in [-0.2, 0) is 6.54 Å². The van der Waals surface area contributed by atoms with Gasteiger partial charge in [-0.25, -0.2) is 0 Å². The summed E-state index contributed by atoms with van der Waals surface area (Å²) in [4.78, 5) is 10.5. The maximum atomic E-state index is 10.9. The molecule has 0 amide bonds. The van der Waals surface area contributed by atoms with Gasteiger partial charge >= 0.3 is 0 Å². The molecule has 0 aromatic heterocycles. The zero-order valence-corrected chi connectivity index (χ0v) is 10.5. The Morgan fingerprint density at radius 1 is 1.15 bits per heavy atom. The van der Waals surface area contributed by atoms with Gasteiger partial charge in [0.25, 0.3) is 5.69 Å². The molecular formula is C14H12N2O4. The van der Waals surface area contributed by atoms with Gasteiger partial charge in [-0.15, -0.1) is 0 Å². The third kappa shape index (κ3) is 2.35. The summed E-state index contributed by atoms with van der Waals surface area (Å²) in [5, 5.41) is 14.1. The molecule has 0 atom stereocenters. The molecule has 20 heavy (non-hydrogen) atoms. The number of hydrogen-bond donors (Lipinski definition) is 1. The quantitative estimate of drug-likeness (QED) is 0.684. The maximum absolute atomic E-state index is 10.9. The first kappa shape index (κ1) is 12.3. The van der Waals surface area contributed by atoms with Gasteiger partial charge in [0, 0.05) is 29.9 Å². The summed E-state index contributed by atoms with van der Waals surface area (Å²) in [5.74, 6) is 1.39. The number of anilines is 1. The van der Waals surface area contributed by atoms with Crippen molar-refractivity contribution >= 4 is 11.4 Å². The maximum Gasteiger partial charge on any atom is 0.274 e. The van der Waals surface area contributed by atoms with Crippen LogP contribution in [0.5, 0.6) is 11.5 Å². The van der Waals surface area contributed by atoms with Gasteiger partial charge in [0.2, 0.25) is 6.79 Å². The van der Waals surface area contributed by atoms with Crippen molar-refractivity contribution in [3.05, 3.63) is 58.1 Å². The summed E-state index contributed by atoms with van der Waals surface area (Å²) in [6.07, 6.45) is 0. The second kappa shape index (κ2) is 5.08. The molecule has 2 aromatic carbocycles. The van der Waals surface area contributed by atoms with Crippen LogP contribution in [0.15, 0.2) is 42.5 Å².